The molecule has 1 unspecified atom stereocenters. The molecule has 122 valence electrons. The number of carbonyl (C=O) groups is 1. The molecular formula is C17H21N3O3. The Balaban J connectivity index is 1.74. The van der Waals surface area contributed by atoms with Gasteiger partial charge in [0.15, 0.2) is 6.39 Å². The fraction of sp³-hybridized carbons (Fsp3) is 0.412. The molecule has 0 bridgehead atoms. The lowest BCUT2D eigenvalue weighted by atomic mass is 10.1. The van der Waals surface area contributed by atoms with Crippen molar-refractivity contribution in [3.63, 3.8) is 0 Å². The van der Waals surface area contributed by atoms with E-state index in [1.54, 1.807) is 6.92 Å². The van der Waals surface area contributed by atoms with Crippen molar-refractivity contribution in [2.75, 3.05) is 32.8 Å². The standard InChI is InChI=1S/C17H21N3O3/c1-13-16(23-12-18-13)17(21)19-15(14-5-3-2-4-6-14)11-20-7-9-22-10-8-20/h2-6,12,15H,7-11H2,1H3,(H,19,21). The summed E-state index contributed by atoms with van der Waals surface area (Å²) in [7, 11) is 0. The molecule has 23 heavy (non-hydrogen) atoms. The summed E-state index contributed by atoms with van der Waals surface area (Å²) in [5.41, 5.74) is 1.67. The van der Waals surface area contributed by atoms with Crippen LogP contribution >= 0.6 is 0 Å². The first kappa shape index (κ1) is 15.7. The smallest absolute Gasteiger partial charge is 0.289 e. The minimum Gasteiger partial charge on any atom is -0.438 e. The number of hydrogen-bond donors (Lipinski definition) is 1. The number of nitrogens with one attached hydrogen (secondary N) is 1. The largest absolute Gasteiger partial charge is 0.438 e. The van der Waals surface area contributed by atoms with E-state index in [2.05, 4.69) is 15.2 Å². The number of ether oxygens (including phenoxy) is 1. The third-order valence-electron chi connectivity index (χ3n) is 4.00. The van der Waals surface area contributed by atoms with E-state index < -0.39 is 0 Å². The van der Waals surface area contributed by atoms with Gasteiger partial charge in [-0.25, -0.2) is 4.98 Å². The van der Waals surface area contributed by atoms with Crippen LogP contribution in [0.3, 0.4) is 0 Å². The van der Waals surface area contributed by atoms with Gasteiger partial charge >= 0.3 is 0 Å². The van der Waals surface area contributed by atoms with E-state index in [1.807, 2.05) is 30.3 Å². The first-order valence-electron chi connectivity index (χ1n) is 7.80. The minimum absolute atomic E-state index is 0.105. The Morgan fingerprint density at radius 1 is 1.30 bits per heavy atom. The number of rotatable bonds is 5. The number of hydrogen-bond acceptors (Lipinski definition) is 5. The first-order chi connectivity index (χ1) is 11.2. The van der Waals surface area contributed by atoms with Gasteiger partial charge in [0.25, 0.3) is 5.91 Å². The van der Waals surface area contributed by atoms with E-state index in [1.165, 1.54) is 6.39 Å². The van der Waals surface area contributed by atoms with Gasteiger partial charge in [0.05, 0.1) is 24.9 Å². The van der Waals surface area contributed by atoms with Crippen molar-refractivity contribution >= 4 is 5.91 Å². The van der Waals surface area contributed by atoms with Crippen molar-refractivity contribution in [1.29, 1.82) is 0 Å². The first-order valence-corrected chi connectivity index (χ1v) is 7.80. The van der Waals surface area contributed by atoms with Gasteiger partial charge in [0.2, 0.25) is 5.76 Å². The second kappa shape index (κ2) is 7.39. The van der Waals surface area contributed by atoms with Gasteiger partial charge in [-0.2, -0.15) is 0 Å². The van der Waals surface area contributed by atoms with E-state index in [0.717, 1.165) is 38.4 Å². The maximum atomic E-state index is 12.5. The lowest BCUT2D eigenvalue weighted by molar-refractivity contribution is 0.0331. The molecule has 1 atom stereocenters. The molecule has 1 aromatic carbocycles. The van der Waals surface area contributed by atoms with Crippen LogP contribution in [-0.4, -0.2) is 48.6 Å². The lowest BCUT2D eigenvalue weighted by Gasteiger charge is -2.31. The number of morpholine rings is 1. The summed E-state index contributed by atoms with van der Waals surface area (Å²) < 4.78 is 10.6. The van der Waals surface area contributed by atoms with E-state index >= 15 is 0 Å². The lowest BCUT2D eigenvalue weighted by Crippen LogP contribution is -2.43. The van der Waals surface area contributed by atoms with Crippen molar-refractivity contribution in [2.45, 2.75) is 13.0 Å². The zero-order valence-corrected chi connectivity index (χ0v) is 13.2. The maximum absolute atomic E-state index is 12.5. The topological polar surface area (TPSA) is 67.6 Å². The molecule has 2 aromatic rings. The number of oxazole rings is 1. The maximum Gasteiger partial charge on any atom is 0.289 e. The second-order valence-corrected chi connectivity index (χ2v) is 5.62. The van der Waals surface area contributed by atoms with E-state index in [0.29, 0.717) is 5.69 Å². The highest BCUT2D eigenvalue weighted by Crippen LogP contribution is 2.17. The Kier molecular flexibility index (Phi) is 5.05. The Morgan fingerprint density at radius 3 is 2.70 bits per heavy atom. The molecule has 1 aromatic heterocycles. The molecule has 1 N–H and O–H groups in total. The molecule has 1 amide bonds. The quantitative estimate of drug-likeness (QED) is 0.911. The van der Waals surface area contributed by atoms with E-state index in [4.69, 9.17) is 9.15 Å². The normalized spacial score (nSPS) is 16.9. The van der Waals surface area contributed by atoms with Crippen LogP contribution in [0.2, 0.25) is 0 Å². The van der Waals surface area contributed by atoms with Gasteiger partial charge in [-0.15, -0.1) is 0 Å². The Morgan fingerprint density at radius 2 is 2.04 bits per heavy atom. The summed E-state index contributed by atoms with van der Waals surface area (Å²) in [6, 6.07) is 9.88. The second-order valence-electron chi connectivity index (χ2n) is 5.62. The number of carbonyl (C=O) groups excluding carboxylic acids is 1. The summed E-state index contributed by atoms with van der Waals surface area (Å²) in [5.74, 6) is 0.0371. The van der Waals surface area contributed by atoms with Crippen LogP contribution in [0.15, 0.2) is 41.1 Å². The van der Waals surface area contributed by atoms with Crippen LogP contribution in [0, 0.1) is 6.92 Å². The van der Waals surface area contributed by atoms with Gasteiger partial charge in [0.1, 0.15) is 0 Å². The number of aryl methyl sites for hydroxylation is 1. The average Bonchev–Trinajstić information content (AvgIpc) is 3.02. The predicted molar refractivity (Wildman–Crippen MR) is 85.1 cm³/mol. The van der Waals surface area contributed by atoms with Crippen molar-refractivity contribution in [1.82, 2.24) is 15.2 Å². The summed E-state index contributed by atoms with van der Waals surface area (Å²) >= 11 is 0. The molecule has 1 saturated heterocycles. The summed E-state index contributed by atoms with van der Waals surface area (Å²) in [5, 5.41) is 3.07. The molecule has 0 aliphatic carbocycles. The van der Waals surface area contributed by atoms with Crippen molar-refractivity contribution in [3.05, 3.63) is 53.7 Å². The monoisotopic (exact) mass is 315 g/mol. The molecule has 6 nitrogen and oxygen atoms in total. The van der Waals surface area contributed by atoms with Crippen LogP contribution < -0.4 is 5.32 Å². The van der Waals surface area contributed by atoms with Gasteiger partial charge in [0, 0.05) is 19.6 Å². The summed E-state index contributed by atoms with van der Waals surface area (Å²) in [4.78, 5) is 18.7. The Hall–Kier alpha value is -2.18. The highest BCUT2D eigenvalue weighted by atomic mass is 16.5. The molecule has 0 spiro atoms. The zero-order chi connectivity index (χ0) is 16.1. The summed E-state index contributed by atoms with van der Waals surface area (Å²) in [6.45, 7) is 5.72. The Labute approximate surface area is 135 Å². The summed E-state index contributed by atoms with van der Waals surface area (Å²) in [6.07, 6.45) is 1.30. The minimum atomic E-state index is -0.234. The van der Waals surface area contributed by atoms with Crippen LogP contribution in [-0.2, 0) is 4.74 Å². The molecule has 3 rings (SSSR count). The fourth-order valence-electron chi connectivity index (χ4n) is 2.71. The molecule has 1 fully saturated rings. The molecule has 1 aliphatic heterocycles. The van der Waals surface area contributed by atoms with Crippen LogP contribution in [0.25, 0.3) is 0 Å². The van der Waals surface area contributed by atoms with Crippen molar-refractivity contribution < 1.29 is 13.9 Å². The average molecular weight is 315 g/mol. The number of aromatic nitrogens is 1. The third kappa shape index (κ3) is 3.97. The van der Waals surface area contributed by atoms with Gasteiger partial charge < -0.3 is 14.5 Å². The fourth-order valence-corrected chi connectivity index (χ4v) is 2.71. The predicted octanol–water partition coefficient (Wildman–Crippen LogP) is 1.79. The number of amides is 1. The molecule has 2 heterocycles. The molecule has 1 aliphatic rings. The SMILES string of the molecule is Cc1ncoc1C(=O)NC(CN1CCOCC1)c1ccccc1. The molecule has 0 radical (unpaired) electrons. The van der Waals surface area contributed by atoms with Crippen molar-refractivity contribution in [3.8, 4) is 0 Å². The number of nitrogens with zero attached hydrogens (tertiary/aromatic N) is 2. The zero-order valence-electron chi connectivity index (χ0n) is 13.2. The highest BCUT2D eigenvalue weighted by molar-refractivity contribution is 5.92. The van der Waals surface area contributed by atoms with E-state index in [-0.39, 0.29) is 17.7 Å². The molecular weight excluding hydrogens is 294 g/mol. The molecule has 0 saturated carbocycles. The third-order valence-corrected chi connectivity index (χ3v) is 4.00. The van der Waals surface area contributed by atoms with Crippen LogP contribution in [0.1, 0.15) is 27.9 Å². The number of benzene rings is 1. The van der Waals surface area contributed by atoms with Crippen LogP contribution in [0.5, 0.6) is 0 Å². The van der Waals surface area contributed by atoms with Crippen LogP contribution in [0.4, 0.5) is 0 Å². The van der Waals surface area contributed by atoms with Crippen molar-refractivity contribution in [2.24, 2.45) is 0 Å². The molecule has 6 heteroatoms. The van der Waals surface area contributed by atoms with Gasteiger partial charge in [-0.3, -0.25) is 9.69 Å². The van der Waals surface area contributed by atoms with Gasteiger partial charge in [-0.05, 0) is 12.5 Å². The highest BCUT2D eigenvalue weighted by Gasteiger charge is 2.22. The van der Waals surface area contributed by atoms with Gasteiger partial charge in [-0.1, -0.05) is 30.3 Å². The Bertz CT molecular complexity index is 636. The van der Waals surface area contributed by atoms with E-state index in [9.17, 15) is 4.79 Å².